The van der Waals surface area contributed by atoms with Gasteiger partial charge in [0.25, 0.3) is 0 Å². The molecule has 2 unspecified atom stereocenters. The molecule has 0 spiro atoms. The minimum atomic E-state index is -3.76. The second-order valence-electron chi connectivity index (χ2n) is 8.73. The molecular formula is C26H29N7O5S. The van der Waals surface area contributed by atoms with Crippen LogP contribution in [-0.4, -0.2) is 53.1 Å². The molecule has 204 valence electrons. The molecule has 0 aliphatic heterocycles. The number of aromatic nitrogens is 3. The first-order valence-electron chi connectivity index (χ1n) is 12.1. The zero-order valence-electron chi connectivity index (χ0n) is 21.3. The monoisotopic (exact) mass is 551 g/mol. The van der Waals surface area contributed by atoms with Gasteiger partial charge in [0.2, 0.25) is 27.8 Å². The summed E-state index contributed by atoms with van der Waals surface area (Å²) in [5.74, 6) is 0.156. The fourth-order valence-corrected chi connectivity index (χ4v) is 4.13. The SMILES string of the molecule is CCOc1nc(NCc2ccc(S(N)(=O)=O)cc2)nc2ccc(-c3ccc(NC(=O)C(N)C(C)O)cc3)nc12. The Morgan fingerprint density at radius 3 is 2.33 bits per heavy atom. The van der Waals surface area contributed by atoms with E-state index >= 15 is 0 Å². The number of nitrogens with one attached hydrogen (secondary N) is 2. The predicted molar refractivity (Wildman–Crippen MR) is 147 cm³/mol. The number of aliphatic hydroxyl groups is 1. The molecule has 0 saturated carbocycles. The predicted octanol–water partition coefficient (Wildman–Crippen LogP) is 2.00. The van der Waals surface area contributed by atoms with Crippen molar-refractivity contribution in [3.05, 3.63) is 66.2 Å². The molecule has 0 radical (unpaired) electrons. The molecule has 2 heterocycles. The molecule has 0 bridgehead atoms. The Morgan fingerprint density at radius 1 is 1.03 bits per heavy atom. The van der Waals surface area contributed by atoms with Gasteiger partial charge in [-0.25, -0.2) is 23.5 Å². The van der Waals surface area contributed by atoms with E-state index in [-0.39, 0.29) is 4.90 Å². The number of carbonyl (C=O) groups excluding carboxylic acids is 1. The number of hydrogen-bond donors (Lipinski definition) is 5. The second-order valence-corrected chi connectivity index (χ2v) is 10.3. The minimum Gasteiger partial charge on any atom is -0.476 e. The van der Waals surface area contributed by atoms with Crippen LogP contribution in [0.4, 0.5) is 11.6 Å². The van der Waals surface area contributed by atoms with Gasteiger partial charge in [0.1, 0.15) is 6.04 Å². The van der Waals surface area contributed by atoms with Crippen molar-refractivity contribution in [1.29, 1.82) is 0 Å². The van der Waals surface area contributed by atoms with Crippen molar-refractivity contribution in [2.75, 3.05) is 17.2 Å². The first kappa shape index (κ1) is 27.9. The molecule has 4 rings (SSSR count). The van der Waals surface area contributed by atoms with Gasteiger partial charge in [0, 0.05) is 17.8 Å². The molecular weight excluding hydrogens is 522 g/mol. The van der Waals surface area contributed by atoms with Gasteiger partial charge >= 0.3 is 0 Å². The number of benzene rings is 2. The zero-order chi connectivity index (χ0) is 28.2. The Labute approximate surface area is 225 Å². The summed E-state index contributed by atoms with van der Waals surface area (Å²) < 4.78 is 28.7. The zero-order valence-corrected chi connectivity index (χ0v) is 22.1. The third-order valence-corrected chi connectivity index (χ3v) is 6.69. The molecule has 7 N–H and O–H groups in total. The van der Waals surface area contributed by atoms with E-state index in [4.69, 9.17) is 20.6 Å². The topological polar surface area (TPSA) is 195 Å². The van der Waals surface area contributed by atoms with Gasteiger partial charge in [0.05, 0.1) is 28.8 Å². The molecule has 0 aliphatic rings. The smallest absolute Gasteiger partial charge is 0.245 e. The minimum absolute atomic E-state index is 0.0358. The molecule has 0 aliphatic carbocycles. The number of fused-ring (bicyclic) bond motifs is 1. The summed E-state index contributed by atoms with van der Waals surface area (Å²) in [5.41, 5.74) is 9.52. The van der Waals surface area contributed by atoms with Crippen molar-refractivity contribution in [1.82, 2.24) is 15.0 Å². The van der Waals surface area contributed by atoms with Gasteiger partial charge in [-0.15, -0.1) is 0 Å². The third-order valence-electron chi connectivity index (χ3n) is 5.76. The van der Waals surface area contributed by atoms with Crippen LogP contribution in [0.3, 0.4) is 0 Å². The van der Waals surface area contributed by atoms with Crippen LogP contribution in [0.25, 0.3) is 22.3 Å². The number of nitrogens with zero attached hydrogens (tertiary/aromatic N) is 3. The summed E-state index contributed by atoms with van der Waals surface area (Å²) in [6.45, 7) is 4.01. The summed E-state index contributed by atoms with van der Waals surface area (Å²) in [4.78, 5) is 25.9. The highest BCUT2D eigenvalue weighted by atomic mass is 32.2. The van der Waals surface area contributed by atoms with E-state index in [9.17, 15) is 18.3 Å². The lowest BCUT2D eigenvalue weighted by atomic mass is 10.1. The number of hydrogen-bond acceptors (Lipinski definition) is 10. The number of rotatable bonds is 10. The highest BCUT2D eigenvalue weighted by Crippen LogP contribution is 2.27. The van der Waals surface area contributed by atoms with Gasteiger partial charge in [-0.05, 0) is 55.8 Å². The lowest BCUT2D eigenvalue weighted by Gasteiger charge is -2.14. The summed E-state index contributed by atoms with van der Waals surface area (Å²) in [6.07, 6.45) is -0.965. The van der Waals surface area contributed by atoms with Gasteiger partial charge in [-0.3, -0.25) is 4.79 Å². The second kappa shape index (κ2) is 11.7. The lowest BCUT2D eigenvalue weighted by molar-refractivity contribution is -0.119. The number of amides is 1. The number of pyridine rings is 1. The number of sulfonamides is 1. The highest BCUT2D eigenvalue weighted by Gasteiger charge is 2.19. The number of ether oxygens (including phenoxy) is 1. The number of primary sulfonamides is 1. The van der Waals surface area contributed by atoms with E-state index in [1.807, 2.05) is 19.1 Å². The van der Waals surface area contributed by atoms with Crippen LogP contribution in [0.2, 0.25) is 0 Å². The molecule has 2 atom stereocenters. The van der Waals surface area contributed by atoms with Crippen LogP contribution < -0.4 is 26.2 Å². The Balaban J connectivity index is 1.54. The number of nitrogens with two attached hydrogens (primary N) is 2. The van der Waals surface area contributed by atoms with Crippen LogP contribution >= 0.6 is 0 Å². The van der Waals surface area contributed by atoms with Gasteiger partial charge in [0.15, 0.2) is 5.52 Å². The average molecular weight is 552 g/mol. The summed E-state index contributed by atoms with van der Waals surface area (Å²) >= 11 is 0. The van der Waals surface area contributed by atoms with Gasteiger partial charge in [-0.1, -0.05) is 24.3 Å². The number of anilines is 2. The van der Waals surface area contributed by atoms with E-state index in [1.165, 1.54) is 19.1 Å². The molecule has 0 saturated heterocycles. The molecule has 4 aromatic rings. The highest BCUT2D eigenvalue weighted by molar-refractivity contribution is 7.89. The van der Waals surface area contributed by atoms with Crippen molar-refractivity contribution < 1.29 is 23.1 Å². The van der Waals surface area contributed by atoms with Crippen molar-refractivity contribution in [2.24, 2.45) is 10.9 Å². The largest absolute Gasteiger partial charge is 0.476 e. The fourth-order valence-electron chi connectivity index (χ4n) is 3.61. The van der Waals surface area contributed by atoms with Gasteiger partial charge in [-0.2, -0.15) is 4.98 Å². The standard InChI is InChI=1S/C26H29N7O5S/c1-3-38-25-23-21(32-26(33-25)29-14-16-4-10-19(11-5-16)39(28,36)37)13-12-20(31-23)17-6-8-18(9-7-17)30-24(35)22(27)15(2)34/h4-13,15,22,34H,3,14,27H2,1-2H3,(H,30,35)(H2,28,36,37)(H,29,32,33). The normalized spacial score (nSPS) is 13.1. The summed E-state index contributed by atoms with van der Waals surface area (Å²) in [5, 5.41) is 20.4. The van der Waals surface area contributed by atoms with E-state index in [0.717, 1.165) is 11.1 Å². The molecule has 13 heteroatoms. The summed E-state index contributed by atoms with van der Waals surface area (Å²) in [7, 11) is -3.76. The van der Waals surface area contributed by atoms with Crippen molar-refractivity contribution >= 4 is 38.6 Å². The van der Waals surface area contributed by atoms with Crippen molar-refractivity contribution in [2.45, 2.75) is 37.4 Å². The maximum atomic E-state index is 12.1. The summed E-state index contributed by atoms with van der Waals surface area (Å²) in [6, 6.07) is 15.8. The molecule has 2 aromatic carbocycles. The Bertz CT molecular complexity index is 1580. The number of aliphatic hydroxyl groups excluding tert-OH is 1. The molecule has 12 nitrogen and oxygen atoms in total. The van der Waals surface area contributed by atoms with E-state index in [1.54, 1.807) is 36.4 Å². The maximum Gasteiger partial charge on any atom is 0.245 e. The van der Waals surface area contributed by atoms with E-state index < -0.39 is 28.1 Å². The maximum absolute atomic E-state index is 12.1. The quantitative estimate of drug-likeness (QED) is 0.194. The van der Waals surface area contributed by atoms with Gasteiger partial charge < -0.3 is 26.2 Å². The Hall–Kier alpha value is -4.17. The molecule has 39 heavy (non-hydrogen) atoms. The van der Waals surface area contributed by atoms with Crippen LogP contribution in [0.15, 0.2) is 65.6 Å². The molecule has 0 fully saturated rings. The van der Waals surface area contributed by atoms with Crippen molar-refractivity contribution in [3.63, 3.8) is 0 Å². The molecule has 2 aromatic heterocycles. The Kier molecular flexibility index (Phi) is 8.35. The Morgan fingerprint density at radius 2 is 1.72 bits per heavy atom. The van der Waals surface area contributed by atoms with Crippen LogP contribution in [0, 0.1) is 0 Å². The fraction of sp³-hybridized carbons (Fsp3) is 0.231. The van der Waals surface area contributed by atoms with E-state index in [0.29, 0.717) is 47.4 Å². The third kappa shape index (κ3) is 6.83. The van der Waals surface area contributed by atoms with Crippen LogP contribution in [-0.2, 0) is 21.4 Å². The first-order chi connectivity index (χ1) is 18.5. The van der Waals surface area contributed by atoms with Crippen LogP contribution in [0.5, 0.6) is 5.88 Å². The number of carbonyl (C=O) groups is 1. The van der Waals surface area contributed by atoms with Crippen molar-refractivity contribution in [3.8, 4) is 17.1 Å². The first-order valence-corrected chi connectivity index (χ1v) is 13.6. The van der Waals surface area contributed by atoms with E-state index in [2.05, 4.69) is 20.6 Å². The molecule has 1 amide bonds. The van der Waals surface area contributed by atoms with Crippen LogP contribution in [0.1, 0.15) is 19.4 Å². The average Bonchev–Trinajstić information content (AvgIpc) is 2.91. The lowest BCUT2D eigenvalue weighted by Crippen LogP contribution is -2.43.